The van der Waals surface area contributed by atoms with E-state index in [1.807, 2.05) is 6.07 Å². The maximum atomic E-state index is 11.0. The molecule has 0 aliphatic heterocycles. The van der Waals surface area contributed by atoms with Crippen molar-refractivity contribution in [3.8, 4) is 0 Å². The van der Waals surface area contributed by atoms with Crippen molar-refractivity contribution in [2.75, 3.05) is 0 Å². The molecule has 0 radical (unpaired) electrons. The molecular weight excluding hydrogens is 300 g/mol. The van der Waals surface area contributed by atoms with Crippen LogP contribution in [0.4, 0.5) is 0 Å². The van der Waals surface area contributed by atoms with Gasteiger partial charge in [-0.3, -0.25) is 9.78 Å². The predicted octanol–water partition coefficient (Wildman–Crippen LogP) is 2.20. The number of carbonyl (C=O) groups is 1. The molecule has 1 aromatic heterocycles. The number of nitrogens with zero attached hydrogens (tertiary/aromatic N) is 1. The van der Waals surface area contributed by atoms with Crippen LogP contribution in [0, 0.1) is 0 Å². The largest absolute Gasteiger partial charge is 0.316 e. The Labute approximate surface area is 93.0 Å². The van der Waals surface area contributed by atoms with Gasteiger partial charge in [0.25, 0.3) is 0 Å². The van der Waals surface area contributed by atoms with Crippen LogP contribution in [-0.4, -0.2) is 10.8 Å². The summed E-state index contributed by atoms with van der Waals surface area (Å²) in [5, 5.41) is 0. The van der Waals surface area contributed by atoms with Gasteiger partial charge in [-0.1, -0.05) is 0 Å². The molecule has 1 rings (SSSR count). The van der Waals surface area contributed by atoms with Gasteiger partial charge in [0, 0.05) is 15.1 Å². The quantitative estimate of drug-likeness (QED) is 0.911. The first-order valence-corrected chi connectivity index (χ1v) is 5.18. The van der Waals surface area contributed by atoms with Crippen LogP contribution in [0.3, 0.4) is 0 Å². The standard InChI is InChI=1S/C8H8Br2N2O/c1-4(13)7(11)8-6(10)2-5(9)3-12-8/h2-3,7H,11H2,1H3. The minimum absolute atomic E-state index is 0.101. The lowest BCUT2D eigenvalue weighted by atomic mass is 10.1. The van der Waals surface area contributed by atoms with Crippen molar-refractivity contribution in [3.05, 3.63) is 26.9 Å². The second-order valence-electron chi connectivity index (χ2n) is 2.61. The molecule has 1 unspecified atom stereocenters. The minimum Gasteiger partial charge on any atom is -0.316 e. The number of hydrogen-bond donors (Lipinski definition) is 1. The predicted molar refractivity (Wildman–Crippen MR) is 57.2 cm³/mol. The highest BCUT2D eigenvalue weighted by molar-refractivity contribution is 9.11. The Morgan fingerprint density at radius 3 is 2.69 bits per heavy atom. The number of Topliss-reactive ketones (excluding diaryl/α,β-unsaturated/α-hetero) is 1. The van der Waals surface area contributed by atoms with Gasteiger partial charge in [-0.15, -0.1) is 0 Å². The molecule has 0 bridgehead atoms. The van der Waals surface area contributed by atoms with Crippen LogP contribution in [0.1, 0.15) is 18.7 Å². The Kier molecular flexibility index (Phi) is 3.58. The molecule has 0 saturated carbocycles. The average molecular weight is 308 g/mol. The molecule has 0 fully saturated rings. The molecule has 2 N–H and O–H groups in total. The van der Waals surface area contributed by atoms with Gasteiger partial charge in [-0.25, -0.2) is 0 Å². The van der Waals surface area contributed by atoms with Crippen LogP contribution < -0.4 is 5.73 Å². The molecule has 70 valence electrons. The third-order valence-corrected chi connectivity index (χ3v) is 2.64. The zero-order valence-corrected chi connectivity index (χ0v) is 10.1. The maximum absolute atomic E-state index is 11.0. The van der Waals surface area contributed by atoms with Crippen LogP contribution in [0.15, 0.2) is 21.2 Å². The first kappa shape index (κ1) is 10.8. The van der Waals surface area contributed by atoms with Crippen LogP contribution in [0.2, 0.25) is 0 Å². The number of nitrogens with two attached hydrogens (primary N) is 1. The van der Waals surface area contributed by atoms with Gasteiger partial charge in [0.2, 0.25) is 0 Å². The lowest BCUT2D eigenvalue weighted by Gasteiger charge is -2.08. The smallest absolute Gasteiger partial charge is 0.152 e. The van der Waals surface area contributed by atoms with Gasteiger partial charge in [-0.05, 0) is 44.8 Å². The third kappa shape index (κ3) is 2.59. The molecule has 0 spiro atoms. The van der Waals surface area contributed by atoms with E-state index in [0.29, 0.717) is 5.69 Å². The molecule has 0 amide bonds. The summed E-state index contributed by atoms with van der Waals surface area (Å²) in [7, 11) is 0. The number of ketones is 1. The normalized spacial score (nSPS) is 12.6. The van der Waals surface area contributed by atoms with Crippen LogP contribution >= 0.6 is 31.9 Å². The number of rotatable bonds is 2. The van der Waals surface area contributed by atoms with Crippen molar-refractivity contribution in [1.29, 1.82) is 0 Å². The van der Waals surface area contributed by atoms with E-state index in [4.69, 9.17) is 5.73 Å². The summed E-state index contributed by atoms with van der Waals surface area (Å²) in [5.41, 5.74) is 6.20. The monoisotopic (exact) mass is 306 g/mol. The van der Waals surface area contributed by atoms with E-state index in [-0.39, 0.29) is 5.78 Å². The summed E-state index contributed by atoms with van der Waals surface area (Å²) < 4.78 is 1.59. The number of carbonyl (C=O) groups excluding carboxylic acids is 1. The highest BCUT2D eigenvalue weighted by Crippen LogP contribution is 2.23. The van der Waals surface area contributed by atoms with Gasteiger partial charge in [-0.2, -0.15) is 0 Å². The fourth-order valence-electron chi connectivity index (χ4n) is 0.847. The van der Waals surface area contributed by atoms with Crippen molar-refractivity contribution >= 4 is 37.6 Å². The maximum Gasteiger partial charge on any atom is 0.152 e. The Morgan fingerprint density at radius 2 is 2.23 bits per heavy atom. The van der Waals surface area contributed by atoms with E-state index in [2.05, 4.69) is 36.8 Å². The van der Waals surface area contributed by atoms with E-state index >= 15 is 0 Å². The summed E-state index contributed by atoms with van der Waals surface area (Å²) in [5.74, 6) is -0.101. The van der Waals surface area contributed by atoms with Gasteiger partial charge in [0.1, 0.15) is 6.04 Å². The number of halogens is 2. The SMILES string of the molecule is CC(=O)C(N)c1ncc(Br)cc1Br. The summed E-state index contributed by atoms with van der Waals surface area (Å²) in [6.45, 7) is 1.45. The van der Waals surface area contributed by atoms with Crippen molar-refractivity contribution in [2.45, 2.75) is 13.0 Å². The van der Waals surface area contributed by atoms with E-state index in [1.165, 1.54) is 6.92 Å². The minimum atomic E-state index is -0.650. The second kappa shape index (κ2) is 4.30. The van der Waals surface area contributed by atoms with Crippen molar-refractivity contribution in [2.24, 2.45) is 5.73 Å². The molecule has 0 saturated heterocycles. The molecule has 5 heteroatoms. The Bertz CT molecular complexity index is 341. The number of aromatic nitrogens is 1. The summed E-state index contributed by atoms with van der Waals surface area (Å²) in [6, 6.07) is 1.16. The lowest BCUT2D eigenvalue weighted by Crippen LogP contribution is -2.20. The van der Waals surface area contributed by atoms with Crippen LogP contribution in [0.25, 0.3) is 0 Å². The molecule has 1 heterocycles. The first-order valence-electron chi connectivity index (χ1n) is 3.59. The van der Waals surface area contributed by atoms with Gasteiger partial charge in [0.15, 0.2) is 5.78 Å². The van der Waals surface area contributed by atoms with E-state index in [1.54, 1.807) is 6.20 Å². The molecule has 0 aliphatic rings. The van der Waals surface area contributed by atoms with Gasteiger partial charge >= 0.3 is 0 Å². The Hall–Kier alpha value is -0.260. The fourth-order valence-corrected chi connectivity index (χ4v) is 2.08. The summed E-state index contributed by atoms with van der Waals surface area (Å²) in [6.07, 6.45) is 1.61. The molecule has 0 aliphatic carbocycles. The second-order valence-corrected chi connectivity index (χ2v) is 4.38. The first-order chi connectivity index (χ1) is 6.02. The summed E-state index contributed by atoms with van der Waals surface area (Å²) >= 11 is 6.56. The molecule has 1 aromatic rings. The van der Waals surface area contributed by atoms with Crippen molar-refractivity contribution in [3.63, 3.8) is 0 Å². The van der Waals surface area contributed by atoms with Crippen molar-refractivity contribution in [1.82, 2.24) is 4.98 Å². The number of pyridine rings is 1. The van der Waals surface area contributed by atoms with Gasteiger partial charge in [0.05, 0.1) is 5.69 Å². The fraction of sp³-hybridized carbons (Fsp3) is 0.250. The van der Waals surface area contributed by atoms with Crippen LogP contribution in [-0.2, 0) is 4.79 Å². The molecule has 3 nitrogen and oxygen atoms in total. The molecular formula is C8H8Br2N2O. The Balaban J connectivity index is 3.08. The summed E-state index contributed by atoms with van der Waals surface area (Å²) in [4.78, 5) is 15.0. The third-order valence-electron chi connectivity index (χ3n) is 1.57. The average Bonchev–Trinajstić information content (AvgIpc) is 2.03. The van der Waals surface area contributed by atoms with E-state index in [0.717, 1.165) is 8.95 Å². The van der Waals surface area contributed by atoms with Gasteiger partial charge < -0.3 is 5.73 Å². The Morgan fingerprint density at radius 1 is 1.62 bits per heavy atom. The topological polar surface area (TPSA) is 56.0 Å². The molecule has 0 aromatic carbocycles. The van der Waals surface area contributed by atoms with Crippen LogP contribution in [0.5, 0.6) is 0 Å². The van der Waals surface area contributed by atoms with E-state index < -0.39 is 6.04 Å². The molecule has 1 atom stereocenters. The van der Waals surface area contributed by atoms with Crippen molar-refractivity contribution < 1.29 is 4.79 Å². The number of hydrogen-bond acceptors (Lipinski definition) is 3. The highest BCUT2D eigenvalue weighted by atomic mass is 79.9. The zero-order chi connectivity index (χ0) is 10.0. The van der Waals surface area contributed by atoms with E-state index in [9.17, 15) is 4.79 Å². The zero-order valence-electron chi connectivity index (χ0n) is 6.92. The molecule has 13 heavy (non-hydrogen) atoms. The highest BCUT2D eigenvalue weighted by Gasteiger charge is 2.15. The lowest BCUT2D eigenvalue weighted by molar-refractivity contribution is -0.118.